The normalized spacial score (nSPS) is 11.6. The monoisotopic (exact) mass is 285 g/mol. The van der Waals surface area contributed by atoms with Crippen molar-refractivity contribution >= 4 is 23.2 Å². The van der Waals surface area contributed by atoms with Crippen molar-refractivity contribution in [2.75, 3.05) is 26.1 Å². The molecule has 0 aliphatic carbocycles. The van der Waals surface area contributed by atoms with Crippen LogP contribution < -0.4 is 20.5 Å². The van der Waals surface area contributed by atoms with Crippen molar-refractivity contribution in [2.24, 2.45) is 16.6 Å². The smallest absolute Gasteiger partial charge is 0.193 e. The molecule has 0 fully saturated rings. The molecule has 0 bridgehead atoms. The van der Waals surface area contributed by atoms with E-state index < -0.39 is 0 Å². The van der Waals surface area contributed by atoms with E-state index in [0.29, 0.717) is 40.6 Å². The number of benzene rings is 1. The van der Waals surface area contributed by atoms with E-state index in [1.54, 1.807) is 26.4 Å². The highest BCUT2D eigenvalue weighted by Crippen LogP contribution is 2.35. The number of guanidine groups is 1. The topological polar surface area (TPSA) is 68.9 Å². The highest BCUT2D eigenvalue weighted by atomic mass is 35.5. The Morgan fingerprint density at radius 1 is 1.32 bits per heavy atom. The summed E-state index contributed by atoms with van der Waals surface area (Å²) >= 11 is 6.03. The zero-order valence-corrected chi connectivity index (χ0v) is 12.4. The molecule has 0 radical (unpaired) electrons. The lowest BCUT2D eigenvalue weighted by Crippen LogP contribution is -2.23. The lowest BCUT2D eigenvalue weighted by Gasteiger charge is -2.13. The van der Waals surface area contributed by atoms with Gasteiger partial charge >= 0.3 is 0 Å². The third-order valence-electron chi connectivity index (χ3n) is 2.36. The van der Waals surface area contributed by atoms with Crippen LogP contribution in [0.15, 0.2) is 17.1 Å². The summed E-state index contributed by atoms with van der Waals surface area (Å²) in [5.41, 5.74) is 6.48. The molecule has 1 aromatic rings. The zero-order valence-electron chi connectivity index (χ0n) is 11.7. The standard InChI is InChI=1S/C13H20ClN3O2/c1-8(2)7-16-13(15)17-10-6-11(18-3)9(14)5-12(10)19-4/h5-6,8H,7H2,1-4H3,(H3,15,16,17). The SMILES string of the molecule is COc1cc(NC(N)=NCC(C)C)c(OC)cc1Cl. The third kappa shape index (κ3) is 4.52. The Kier molecular flexibility index (Phi) is 5.76. The van der Waals surface area contributed by atoms with Crippen LogP contribution in [0.3, 0.4) is 0 Å². The van der Waals surface area contributed by atoms with Crippen molar-refractivity contribution in [3.63, 3.8) is 0 Å². The summed E-state index contributed by atoms with van der Waals surface area (Å²) in [7, 11) is 3.11. The van der Waals surface area contributed by atoms with E-state index in [1.807, 2.05) is 0 Å². The summed E-state index contributed by atoms with van der Waals surface area (Å²) in [6.45, 7) is 4.80. The number of rotatable bonds is 5. The third-order valence-corrected chi connectivity index (χ3v) is 2.66. The molecular weight excluding hydrogens is 266 g/mol. The molecule has 5 nitrogen and oxygen atoms in total. The average Bonchev–Trinajstić information content (AvgIpc) is 2.37. The van der Waals surface area contributed by atoms with Crippen LogP contribution in [0, 0.1) is 5.92 Å². The molecule has 0 heterocycles. The molecule has 0 aliphatic heterocycles. The Morgan fingerprint density at radius 3 is 2.47 bits per heavy atom. The molecule has 0 saturated carbocycles. The van der Waals surface area contributed by atoms with Crippen LogP contribution in [0.1, 0.15) is 13.8 Å². The van der Waals surface area contributed by atoms with E-state index in [2.05, 4.69) is 24.2 Å². The number of nitrogens with one attached hydrogen (secondary N) is 1. The molecule has 19 heavy (non-hydrogen) atoms. The van der Waals surface area contributed by atoms with Crippen LogP contribution in [0.2, 0.25) is 5.02 Å². The second kappa shape index (κ2) is 7.09. The van der Waals surface area contributed by atoms with Gasteiger partial charge in [0.1, 0.15) is 11.5 Å². The molecule has 6 heteroatoms. The number of aliphatic imine (C=N–C) groups is 1. The van der Waals surface area contributed by atoms with E-state index in [-0.39, 0.29) is 0 Å². The summed E-state index contributed by atoms with van der Waals surface area (Å²) in [5, 5.41) is 3.46. The number of methoxy groups -OCH3 is 2. The Labute approximate surface area is 118 Å². The van der Waals surface area contributed by atoms with Gasteiger partial charge in [0.2, 0.25) is 0 Å². The van der Waals surface area contributed by atoms with Gasteiger partial charge in [-0.3, -0.25) is 4.99 Å². The summed E-state index contributed by atoms with van der Waals surface area (Å²) in [6.07, 6.45) is 0. The minimum atomic E-state index is 0.330. The zero-order chi connectivity index (χ0) is 14.4. The quantitative estimate of drug-likeness (QED) is 0.645. The van der Waals surface area contributed by atoms with Gasteiger partial charge in [-0.25, -0.2) is 0 Å². The molecule has 0 aromatic heterocycles. The molecule has 1 aromatic carbocycles. The molecule has 3 N–H and O–H groups in total. The molecule has 0 atom stereocenters. The van der Waals surface area contributed by atoms with Gasteiger partial charge in [-0.05, 0) is 5.92 Å². The predicted molar refractivity (Wildman–Crippen MR) is 79.5 cm³/mol. The van der Waals surface area contributed by atoms with Crippen LogP contribution in [0.4, 0.5) is 5.69 Å². The Bertz CT molecular complexity index is 461. The summed E-state index contributed by atoms with van der Waals surface area (Å²) < 4.78 is 10.4. The Morgan fingerprint density at radius 2 is 1.95 bits per heavy atom. The molecule has 0 aliphatic rings. The maximum absolute atomic E-state index is 6.03. The van der Waals surface area contributed by atoms with Crippen LogP contribution in [0.5, 0.6) is 11.5 Å². The lowest BCUT2D eigenvalue weighted by molar-refractivity contribution is 0.405. The molecule has 0 spiro atoms. The Hall–Kier alpha value is -1.62. The van der Waals surface area contributed by atoms with Crippen molar-refractivity contribution in [1.82, 2.24) is 0 Å². The van der Waals surface area contributed by atoms with E-state index in [4.69, 9.17) is 26.8 Å². The minimum Gasteiger partial charge on any atom is -0.495 e. The molecule has 0 amide bonds. The average molecular weight is 286 g/mol. The number of halogens is 1. The van der Waals surface area contributed by atoms with Crippen molar-refractivity contribution < 1.29 is 9.47 Å². The van der Waals surface area contributed by atoms with Gasteiger partial charge in [-0.2, -0.15) is 0 Å². The van der Waals surface area contributed by atoms with Gasteiger partial charge < -0.3 is 20.5 Å². The second-order valence-electron chi connectivity index (χ2n) is 4.43. The first-order valence-corrected chi connectivity index (χ1v) is 6.34. The Balaban J connectivity index is 2.96. The van der Waals surface area contributed by atoms with E-state index >= 15 is 0 Å². The van der Waals surface area contributed by atoms with Crippen molar-refractivity contribution in [3.8, 4) is 11.5 Å². The molecule has 1 rings (SSSR count). The largest absolute Gasteiger partial charge is 0.495 e. The van der Waals surface area contributed by atoms with E-state index in [0.717, 1.165) is 0 Å². The number of ether oxygens (including phenoxy) is 2. The molecule has 106 valence electrons. The van der Waals surface area contributed by atoms with Crippen molar-refractivity contribution in [1.29, 1.82) is 0 Å². The van der Waals surface area contributed by atoms with Gasteiger partial charge in [0, 0.05) is 18.7 Å². The van der Waals surface area contributed by atoms with Gasteiger partial charge in [-0.15, -0.1) is 0 Å². The predicted octanol–water partition coefficient (Wildman–Crippen LogP) is 2.74. The number of hydrogen-bond donors (Lipinski definition) is 2. The highest BCUT2D eigenvalue weighted by molar-refractivity contribution is 6.32. The van der Waals surface area contributed by atoms with Crippen LogP contribution in [-0.2, 0) is 0 Å². The fraction of sp³-hybridized carbons (Fsp3) is 0.462. The van der Waals surface area contributed by atoms with E-state index in [9.17, 15) is 0 Å². The first kappa shape index (κ1) is 15.4. The highest BCUT2D eigenvalue weighted by Gasteiger charge is 2.10. The lowest BCUT2D eigenvalue weighted by atomic mass is 10.2. The van der Waals surface area contributed by atoms with Crippen molar-refractivity contribution in [2.45, 2.75) is 13.8 Å². The van der Waals surface area contributed by atoms with Gasteiger partial charge in [0.15, 0.2) is 5.96 Å². The van der Waals surface area contributed by atoms with Crippen LogP contribution in [-0.4, -0.2) is 26.7 Å². The molecule has 0 unspecified atom stereocenters. The summed E-state index contributed by atoms with van der Waals surface area (Å²) in [5.74, 6) is 1.90. The second-order valence-corrected chi connectivity index (χ2v) is 4.84. The number of nitrogens with two attached hydrogens (primary N) is 1. The van der Waals surface area contributed by atoms with Gasteiger partial charge in [-0.1, -0.05) is 25.4 Å². The van der Waals surface area contributed by atoms with Crippen LogP contribution in [0.25, 0.3) is 0 Å². The molecular formula is C13H20ClN3O2. The number of hydrogen-bond acceptors (Lipinski definition) is 3. The molecule has 0 saturated heterocycles. The first-order valence-electron chi connectivity index (χ1n) is 5.96. The van der Waals surface area contributed by atoms with Crippen LogP contribution >= 0.6 is 11.6 Å². The van der Waals surface area contributed by atoms with E-state index in [1.165, 1.54) is 0 Å². The fourth-order valence-electron chi connectivity index (χ4n) is 1.42. The van der Waals surface area contributed by atoms with Crippen molar-refractivity contribution in [3.05, 3.63) is 17.2 Å². The van der Waals surface area contributed by atoms with Gasteiger partial charge in [0.25, 0.3) is 0 Å². The first-order chi connectivity index (χ1) is 8.97. The maximum Gasteiger partial charge on any atom is 0.193 e. The summed E-state index contributed by atoms with van der Waals surface area (Å²) in [4.78, 5) is 4.23. The van der Waals surface area contributed by atoms with Gasteiger partial charge in [0.05, 0.1) is 24.9 Å². The summed E-state index contributed by atoms with van der Waals surface area (Å²) in [6, 6.07) is 3.39. The maximum atomic E-state index is 6.03. The minimum absolute atomic E-state index is 0.330. The fourth-order valence-corrected chi connectivity index (χ4v) is 1.65. The number of nitrogens with zero attached hydrogens (tertiary/aromatic N) is 1. The number of anilines is 1.